The van der Waals surface area contributed by atoms with Crippen molar-refractivity contribution in [1.29, 1.82) is 0 Å². The molecule has 2 aliphatic rings. The first-order chi connectivity index (χ1) is 12.5. The molecular formula is C20H31IN4O2. The van der Waals surface area contributed by atoms with E-state index in [0.717, 1.165) is 45.1 Å². The van der Waals surface area contributed by atoms with E-state index in [1.54, 1.807) is 19.0 Å². The number of carbonyl (C=O) groups is 1. The van der Waals surface area contributed by atoms with Crippen LogP contribution in [0.5, 0.6) is 0 Å². The Hall–Kier alpha value is -1.35. The van der Waals surface area contributed by atoms with Crippen molar-refractivity contribution in [1.82, 2.24) is 15.1 Å². The lowest BCUT2D eigenvalue weighted by molar-refractivity contribution is -0.127. The molecule has 6 nitrogen and oxygen atoms in total. The smallest absolute Gasteiger partial charge is 0.243 e. The van der Waals surface area contributed by atoms with Gasteiger partial charge in [0.05, 0.1) is 12.6 Å². The molecule has 0 bridgehead atoms. The van der Waals surface area contributed by atoms with Gasteiger partial charge in [0.1, 0.15) is 6.54 Å². The summed E-state index contributed by atoms with van der Waals surface area (Å²) in [5, 5.41) is 3.54. The molecule has 150 valence electrons. The van der Waals surface area contributed by atoms with E-state index >= 15 is 0 Å². The Morgan fingerprint density at radius 2 is 2.07 bits per heavy atom. The highest BCUT2D eigenvalue weighted by Crippen LogP contribution is 2.38. The maximum atomic E-state index is 12.0. The minimum Gasteiger partial charge on any atom is -0.381 e. The van der Waals surface area contributed by atoms with Crippen LogP contribution in [0.2, 0.25) is 0 Å². The van der Waals surface area contributed by atoms with Crippen molar-refractivity contribution in [2.75, 3.05) is 46.9 Å². The summed E-state index contributed by atoms with van der Waals surface area (Å²) in [7, 11) is 3.52. The first-order valence-electron chi connectivity index (χ1n) is 9.38. The van der Waals surface area contributed by atoms with Crippen molar-refractivity contribution < 1.29 is 9.53 Å². The number of aliphatic imine (C=N–C) groups is 1. The summed E-state index contributed by atoms with van der Waals surface area (Å²) in [5.41, 5.74) is 1.46. The van der Waals surface area contributed by atoms with Gasteiger partial charge < -0.3 is 19.9 Å². The standard InChI is InChI=1S/C20H30N4O2.HI/c1-16(17-7-5-4-6-8-17)22-19(21-13-18(25)23(2)3)24-11-9-20(14-24)10-12-26-15-20;/h4-8,16H,9-15H2,1-3H3,(H,21,22);1H. The number of halogens is 1. The van der Waals surface area contributed by atoms with Crippen LogP contribution in [0.1, 0.15) is 31.4 Å². The zero-order valence-electron chi connectivity index (χ0n) is 16.5. The van der Waals surface area contributed by atoms with Gasteiger partial charge in [-0.25, -0.2) is 4.99 Å². The molecule has 1 aromatic rings. The molecule has 0 aromatic heterocycles. The Labute approximate surface area is 179 Å². The molecule has 2 fully saturated rings. The second-order valence-corrected chi connectivity index (χ2v) is 7.68. The van der Waals surface area contributed by atoms with Crippen molar-refractivity contribution in [3.8, 4) is 0 Å². The van der Waals surface area contributed by atoms with Crippen molar-refractivity contribution in [2.45, 2.75) is 25.8 Å². The average Bonchev–Trinajstić information content (AvgIpc) is 3.29. The summed E-state index contributed by atoms with van der Waals surface area (Å²) >= 11 is 0. The summed E-state index contributed by atoms with van der Waals surface area (Å²) in [6, 6.07) is 10.4. The minimum atomic E-state index is 0. The third-order valence-corrected chi connectivity index (χ3v) is 5.43. The van der Waals surface area contributed by atoms with Gasteiger partial charge in [-0.05, 0) is 25.3 Å². The van der Waals surface area contributed by atoms with Crippen LogP contribution < -0.4 is 5.32 Å². The fourth-order valence-corrected chi connectivity index (χ4v) is 3.63. The topological polar surface area (TPSA) is 57.2 Å². The first-order valence-corrected chi connectivity index (χ1v) is 9.38. The lowest BCUT2D eigenvalue weighted by atomic mass is 9.87. The number of likely N-dealkylation sites (N-methyl/N-ethyl adjacent to an activating group) is 1. The monoisotopic (exact) mass is 486 g/mol. The highest BCUT2D eigenvalue weighted by molar-refractivity contribution is 14.0. The molecule has 3 rings (SSSR count). The number of amides is 1. The summed E-state index contributed by atoms with van der Waals surface area (Å²) in [6.45, 7) is 5.87. The van der Waals surface area contributed by atoms with Crippen LogP contribution in [-0.4, -0.2) is 68.6 Å². The molecule has 0 radical (unpaired) electrons. The normalized spacial score (nSPS) is 23.2. The maximum absolute atomic E-state index is 12.0. The quantitative estimate of drug-likeness (QED) is 0.404. The number of rotatable bonds is 4. The van der Waals surface area contributed by atoms with Crippen LogP contribution in [0.4, 0.5) is 0 Å². The van der Waals surface area contributed by atoms with E-state index < -0.39 is 0 Å². The number of nitrogens with one attached hydrogen (secondary N) is 1. The van der Waals surface area contributed by atoms with E-state index in [1.165, 1.54) is 5.56 Å². The number of guanidine groups is 1. The Morgan fingerprint density at radius 1 is 1.33 bits per heavy atom. The molecule has 2 atom stereocenters. The van der Waals surface area contributed by atoms with Crippen LogP contribution in [0.15, 0.2) is 35.3 Å². The molecule has 0 aliphatic carbocycles. The highest BCUT2D eigenvalue weighted by atomic mass is 127. The van der Waals surface area contributed by atoms with Gasteiger partial charge in [0.15, 0.2) is 5.96 Å². The summed E-state index contributed by atoms with van der Waals surface area (Å²) in [6.07, 6.45) is 2.23. The Bertz CT molecular complexity index is 645. The molecule has 2 saturated heterocycles. The number of likely N-dealkylation sites (tertiary alicyclic amines) is 1. The Balaban J connectivity index is 0.00000261. The predicted molar refractivity (Wildman–Crippen MR) is 118 cm³/mol. The lowest BCUT2D eigenvalue weighted by Gasteiger charge is -2.27. The van der Waals surface area contributed by atoms with Crippen molar-refractivity contribution >= 4 is 35.8 Å². The number of hydrogen-bond acceptors (Lipinski definition) is 3. The van der Waals surface area contributed by atoms with E-state index in [4.69, 9.17) is 4.74 Å². The van der Waals surface area contributed by atoms with Crippen molar-refractivity contribution in [3.63, 3.8) is 0 Å². The molecule has 1 aromatic carbocycles. The molecular weight excluding hydrogens is 455 g/mol. The second-order valence-electron chi connectivity index (χ2n) is 7.68. The number of hydrogen-bond donors (Lipinski definition) is 1. The van der Waals surface area contributed by atoms with Gasteiger partial charge in [0.2, 0.25) is 5.91 Å². The van der Waals surface area contributed by atoms with Gasteiger partial charge in [0.25, 0.3) is 0 Å². The minimum absolute atomic E-state index is 0. The van der Waals surface area contributed by atoms with Gasteiger partial charge in [-0.2, -0.15) is 0 Å². The second kappa shape index (κ2) is 9.73. The molecule has 27 heavy (non-hydrogen) atoms. The molecule has 1 N–H and O–H groups in total. The number of nitrogens with zero attached hydrogens (tertiary/aromatic N) is 3. The molecule has 2 aliphatic heterocycles. The fraction of sp³-hybridized carbons (Fsp3) is 0.600. The third-order valence-electron chi connectivity index (χ3n) is 5.43. The van der Waals surface area contributed by atoms with Crippen molar-refractivity contribution in [2.24, 2.45) is 10.4 Å². The van der Waals surface area contributed by atoms with Gasteiger partial charge in [0, 0.05) is 39.2 Å². The van der Waals surface area contributed by atoms with E-state index in [1.807, 2.05) is 18.2 Å². The lowest BCUT2D eigenvalue weighted by Crippen LogP contribution is -2.43. The average molecular weight is 486 g/mol. The molecule has 2 heterocycles. The van der Waals surface area contributed by atoms with E-state index in [9.17, 15) is 4.79 Å². The van der Waals surface area contributed by atoms with Gasteiger partial charge in [-0.3, -0.25) is 4.79 Å². The Morgan fingerprint density at radius 3 is 2.70 bits per heavy atom. The summed E-state index contributed by atoms with van der Waals surface area (Å²) in [4.78, 5) is 20.5. The third kappa shape index (κ3) is 5.57. The van der Waals surface area contributed by atoms with Gasteiger partial charge >= 0.3 is 0 Å². The van der Waals surface area contributed by atoms with Crippen LogP contribution in [0.3, 0.4) is 0 Å². The Kier molecular flexibility index (Phi) is 7.91. The molecule has 0 saturated carbocycles. The van der Waals surface area contributed by atoms with Gasteiger partial charge in [-0.1, -0.05) is 30.3 Å². The maximum Gasteiger partial charge on any atom is 0.243 e. The summed E-state index contributed by atoms with van der Waals surface area (Å²) in [5.74, 6) is 0.829. The zero-order chi connectivity index (χ0) is 18.6. The summed E-state index contributed by atoms with van der Waals surface area (Å²) < 4.78 is 5.64. The van der Waals surface area contributed by atoms with Crippen LogP contribution >= 0.6 is 24.0 Å². The molecule has 7 heteroatoms. The van der Waals surface area contributed by atoms with E-state index in [-0.39, 0.29) is 47.9 Å². The molecule has 2 unspecified atom stereocenters. The predicted octanol–water partition coefficient (Wildman–Crippen LogP) is 2.51. The fourth-order valence-electron chi connectivity index (χ4n) is 3.63. The molecule has 1 amide bonds. The van der Waals surface area contributed by atoms with Crippen LogP contribution in [0, 0.1) is 5.41 Å². The van der Waals surface area contributed by atoms with Crippen LogP contribution in [0.25, 0.3) is 0 Å². The number of carbonyl (C=O) groups excluding carboxylic acids is 1. The van der Waals surface area contributed by atoms with Gasteiger partial charge in [-0.15, -0.1) is 24.0 Å². The van der Waals surface area contributed by atoms with Crippen LogP contribution in [-0.2, 0) is 9.53 Å². The highest BCUT2D eigenvalue weighted by Gasteiger charge is 2.42. The number of benzene rings is 1. The van der Waals surface area contributed by atoms with E-state index in [0.29, 0.717) is 0 Å². The first kappa shape index (κ1) is 21.9. The van der Waals surface area contributed by atoms with E-state index in [2.05, 4.69) is 34.3 Å². The zero-order valence-corrected chi connectivity index (χ0v) is 18.8. The number of ether oxygens (including phenoxy) is 1. The largest absolute Gasteiger partial charge is 0.381 e. The molecule has 1 spiro atoms. The van der Waals surface area contributed by atoms with Crippen molar-refractivity contribution in [3.05, 3.63) is 35.9 Å². The SMILES string of the molecule is CC(NC(=NCC(=O)N(C)C)N1CCC2(CCOC2)C1)c1ccccc1.I.